The van der Waals surface area contributed by atoms with Crippen LogP contribution in [-0.2, 0) is 5.75 Å². The highest BCUT2D eigenvalue weighted by Gasteiger charge is 2.00. The molecule has 1 aromatic rings. The number of thioether (sulfide) groups is 1. The molecule has 0 aliphatic heterocycles. The predicted molar refractivity (Wildman–Crippen MR) is 80.8 cm³/mol. The average molecular weight is 286 g/mol. The van der Waals surface area contributed by atoms with Gasteiger partial charge in [-0.3, -0.25) is 4.99 Å². The molecule has 0 saturated carbocycles. The summed E-state index contributed by atoms with van der Waals surface area (Å²) < 4.78 is 0. The molecule has 1 rings (SSSR count). The first-order valence-corrected chi connectivity index (χ1v) is 7.59. The van der Waals surface area contributed by atoms with E-state index in [9.17, 15) is 0 Å². The Bertz CT molecular complexity index is 397. The van der Waals surface area contributed by atoms with E-state index in [4.69, 9.17) is 11.5 Å². The third-order valence-electron chi connectivity index (χ3n) is 1.77. The summed E-state index contributed by atoms with van der Waals surface area (Å²) in [5.41, 5.74) is 11.6. The topological polar surface area (TPSA) is 102 Å². The largest absolute Gasteiger partial charge is 0.377 e. The summed E-state index contributed by atoms with van der Waals surface area (Å²) in [5.74, 6) is 1.87. The van der Waals surface area contributed by atoms with Crippen LogP contribution in [0.1, 0.15) is 12.6 Å². The highest BCUT2D eigenvalue weighted by molar-refractivity contribution is 7.98. The van der Waals surface area contributed by atoms with Gasteiger partial charge in [0.1, 0.15) is 0 Å². The molecule has 0 bridgehead atoms. The van der Waals surface area contributed by atoms with Crippen LogP contribution < -0.4 is 16.8 Å². The lowest BCUT2D eigenvalue weighted by atomic mass is 10.6. The quantitative estimate of drug-likeness (QED) is 0.375. The maximum atomic E-state index is 5.28. The van der Waals surface area contributed by atoms with Crippen molar-refractivity contribution < 1.29 is 0 Å². The van der Waals surface area contributed by atoms with Gasteiger partial charge in [0.05, 0.1) is 12.0 Å². The van der Waals surface area contributed by atoms with Gasteiger partial charge in [-0.2, -0.15) is 16.8 Å². The van der Waals surface area contributed by atoms with E-state index in [1.54, 1.807) is 18.1 Å². The first kappa shape index (κ1) is 14.8. The standard InChI is InChI=1S/C10H18N6S2/c1-2-13-7-14-3-4-17-5-8-6-18-10(15-8)16-9(11)12/h6-7H,2-5H2,1H3,(H,13,14)(H4,11,12,15,16). The number of nitrogens with one attached hydrogen (secondary N) is 1. The minimum absolute atomic E-state index is 0.0429. The van der Waals surface area contributed by atoms with Crippen molar-refractivity contribution in [3.8, 4) is 0 Å². The van der Waals surface area contributed by atoms with Gasteiger partial charge in [-0.15, -0.1) is 11.3 Å². The van der Waals surface area contributed by atoms with Crippen LogP contribution in [0.4, 0.5) is 5.13 Å². The Kier molecular flexibility index (Phi) is 7.19. The van der Waals surface area contributed by atoms with Crippen LogP contribution in [0.2, 0.25) is 0 Å². The van der Waals surface area contributed by atoms with Crippen molar-refractivity contribution in [3.05, 3.63) is 11.1 Å². The fourth-order valence-electron chi connectivity index (χ4n) is 1.04. The van der Waals surface area contributed by atoms with E-state index >= 15 is 0 Å². The Labute approximate surface area is 115 Å². The van der Waals surface area contributed by atoms with E-state index in [1.807, 2.05) is 12.3 Å². The summed E-state index contributed by atoms with van der Waals surface area (Å²) in [5, 5.41) is 5.60. The minimum atomic E-state index is 0.0429. The Morgan fingerprint density at radius 3 is 3.17 bits per heavy atom. The lowest BCUT2D eigenvalue weighted by Gasteiger charge is -1.96. The van der Waals surface area contributed by atoms with Crippen molar-refractivity contribution in [3.63, 3.8) is 0 Å². The van der Waals surface area contributed by atoms with Crippen LogP contribution >= 0.6 is 23.1 Å². The average Bonchev–Trinajstić information content (AvgIpc) is 2.75. The predicted octanol–water partition coefficient (Wildman–Crippen LogP) is 0.919. The van der Waals surface area contributed by atoms with Crippen LogP contribution in [0, 0.1) is 0 Å². The highest BCUT2D eigenvalue weighted by Crippen LogP contribution is 2.21. The molecular weight excluding hydrogens is 268 g/mol. The summed E-state index contributed by atoms with van der Waals surface area (Å²) in [4.78, 5) is 12.4. The molecule has 0 aliphatic rings. The van der Waals surface area contributed by atoms with Crippen molar-refractivity contribution in [2.24, 2.45) is 21.5 Å². The van der Waals surface area contributed by atoms with Crippen molar-refractivity contribution >= 4 is 40.5 Å². The fraction of sp³-hybridized carbons (Fsp3) is 0.500. The molecule has 0 saturated heterocycles. The molecule has 5 N–H and O–H groups in total. The Balaban J connectivity index is 2.19. The number of rotatable bonds is 8. The van der Waals surface area contributed by atoms with Crippen molar-refractivity contribution in [1.29, 1.82) is 0 Å². The molecule has 1 heterocycles. The molecule has 0 aromatic carbocycles. The molecule has 0 amide bonds. The summed E-state index contributed by atoms with van der Waals surface area (Å²) in [6.45, 7) is 3.75. The molecule has 0 aliphatic carbocycles. The van der Waals surface area contributed by atoms with E-state index in [-0.39, 0.29) is 5.96 Å². The Morgan fingerprint density at radius 1 is 1.61 bits per heavy atom. The normalized spacial score (nSPS) is 10.7. The van der Waals surface area contributed by atoms with Gasteiger partial charge in [-0.25, -0.2) is 4.98 Å². The van der Waals surface area contributed by atoms with Crippen molar-refractivity contribution in [2.75, 3.05) is 18.8 Å². The summed E-state index contributed by atoms with van der Waals surface area (Å²) in [6, 6.07) is 0. The zero-order valence-corrected chi connectivity index (χ0v) is 11.9. The van der Waals surface area contributed by atoms with Crippen molar-refractivity contribution in [2.45, 2.75) is 12.7 Å². The summed E-state index contributed by atoms with van der Waals surface area (Å²) >= 11 is 3.23. The summed E-state index contributed by atoms with van der Waals surface area (Å²) in [7, 11) is 0. The van der Waals surface area contributed by atoms with E-state index in [0.29, 0.717) is 5.13 Å². The molecule has 6 nitrogen and oxygen atoms in total. The zero-order chi connectivity index (χ0) is 13.2. The van der Waals surface area contributed by atoms with Gasteiger partial charge in [0, 0.05) is 30.0 Å². The van der Waals surface area contributed by atoms with Crippen LogP contribution in [0.25, 0.3) is 0 Å². The second kappa shape index (κ2) is 8.76. The molecule has 8 heteroatoms. The first-order valence-electron chi connectivity index (χ1n) is 5.55. The van der Waals surface area contributed by atoms with Crippen LogP contribution in [-0.4, -0.2) is 36.1 Å². The van der Waals surface area contributed by atoms with Gasteiger partial charge in [0.15, 0.2) is 5.96 Å². The molecule has 18 heavy (non-hydrogen) atoms. The highest BCUT2D eigenvalue weighted by atomic mass is 32.2. The third kappa shape index (κ3) is 6.45. The van der Waals surface area contributed by atoms with Crippen LogP contribution in [0.5, 0.6) is 0 Å². The lowest BCUT2D eigenvalue weighted by molar-refractivity contribution is 0.973. The molecule has 0 atom stereocenters. The molecule has 1 aromatic heterocycles. The van der Waals surface area contributed by atoms with Crippen molar-refractivity contribution in [1.82, 2.24) is 10.3 Å². The molecule has 0 fully saturated rings. The Morgan fingerprint density at radius 2 is 2.44 bits per heavy atom. The molecule has 0 spiro atoms. The number of hydrogen-bond donors (Lipinski definition) is 3. The number of aromatic nitrogens is 1. The fourth-order valence-corrected chi connectivity index (χ4v) is 2.59. The maximum Gasteiger partial charge on any atom is 0.212 e. The number of nitrogens with two attached hydrogens (primary N) is 2. The van der Waals surface area contributed by atoms with Crippen LogP contribution in [0.15, 0.2) is 15.4 Å². The van der Waals surface area contributed by atoms with E-state index in [0.717, 1.165) is 30.3 Å². The maximum absolute atomic E-state index is 5.28. The van der Waals surface area contributed by atoms with E-state index in [2.05, 4.69) is 20.3 Å². The molecule has 0 radical (unpaired) electrons. The number of hydrogen-bond acceptors (Lipinski definition) is 5. The molecule has 0 unspecified atom stereocenters. The van der Waals surface area contributed by atoms with Gasteiger partial charge in [0.2, 0.25) is 5.13 Å². The Hall–Kier alpha value is -1.28. The number of nitrogens with zero attached hydrogens (tertiary/aromatic N) is 3. The number of aliphatic imine (C=N–C) groups is 2. The van der Waals surface area contributed by atoms with Gasteiger partial charge in [0.25, 0.3) is 0 Å². The molecule has 100 valence electrons. The second-order valence-electron chi connectivity index (χ2n) is 3.30. The smallest absolute Gasteiger partial charge is 0.212 e. The third-order valence-corrected chi connectivity index (χ3v) is 3.52. The van der Waals surface area contributed by atoms with Gasteiger partial charge in [-0.05, 0) is 6.92 Å². The first-order chi connectivity index (χ1) is 8.72. The van der Waals surface area contributed by atoms with Crippen LogP contribution in [0.3, 0.4) is 0 Å². The van der Waals surface area contributed by atoms with Gasteiger partial charge < -0.3 is 16.8 Å². The monoisotopic (exact) mass is 286 g/mol. The zero-order valence-electron chi connectivity index (χ0n) is 10.3. The minimum Gasteiger partial charge on any atom is -0.377 e. The molecular formula is C10H18N6S2. The van der Waals surface area contributed by atoms with Gasteiger partial charge in [-0.1, -0.05) is 0 Å². The summed E-state index contributed by atoms with van der Waals surface area (Å²) in [6.07, 6.45) is 1.75. The second-order valence-corrected chi connectivity index (χ2v) is 5.25. The number of thiazole rings is 1. The van der Waals surface area contributed by atoms with E-state index in [1.165, 1.54) is 11.3 Å². The lowest BCUT2D eigenvalue weighted by Crippen LogP contribution is -2.21. The van der Waals surface area contributed by atoms with E-state index < -0.39 is 0 Å². The number of guanidine groups is 1. The SMILES string of the molecule is CCNC=NCCSCc1csc(N=C(N)N)n1. The van der Waals surface area contributed by atoms with Gasteiger partial charge >= 0.3 is 0 Å².